The van der Waals surface area contributed by atoms with Gasteiger partial charge in [-0.2, -0.15) is 0 Å². The molecule has 2 heteroatoms. The lowest BCUT2D eigenvalue weighted by Crippen LogP contribution is -2.42. The molecule has 3 atom stereocenters. The number of nitrogens with zero attached hydrogens (tertiary/aromatic N) is 1. The average molecular weight is 250 g/mol. The Morgan fingerprint density at radius 2 is 1.78 bits per heavy atom. The quantitative estimate of drug-likeness (QED) is 0.811. The molecule has 3 fully saturated rings. The molecule has 3 aliphatic heterocycles. The molecular formula is C16H30N2. The standard InChI is InChI=1S/C16H30N2/c1-16(2,3)13-6-8-18(9-7-13)11-12-10-14-4-5-15(12)17-14/h12-15,17H,4-11H2,1-3H3. The van der Waals surface area contributed by atoms with E-state index >= 15 is 0 Å². The third kappa shape index (κ3) is 2.60. The lowest BCUT2D eigenvalue weighted by Gasteiger charge is -2.40. The van der Waals surface area contributed by atoms with E-state index in [-0.39, 0.29) is 0 Å². The van der Waals surface area contributed by atoms with E-state index in [1.165, 1.54) is 51.7 Å². The summed E-state index contributed by atoms with van der Waals surface area (Å²) in [5.41, 5.74) is 0.514. The molecule has 0 amide bonds. The highest BCUT2D eigenvalue weighted by molar-refractivity contribution is 4.98. The van der Waals surface area contributed by atoms with Crippen LogP contribution in [0.15, 0.2) is 0 Å². The van der Waals surface area contributed by atoms with Gasteiger partial charge in [-0.15, -0.1) is 0 Å². The topological polar surface area (TPSA) is 15.3 Å². The molecule has 0 radical (unpaired) electrons. The van der Waals surface area contributed by atoms with Crippen molar-refractivity contribution in [1.82, 2.24) is 10.2 Å². The highest BCUT2D eigenvalue weighted by Gasteiger charge is 2.40. The van der Waals surface area contributed by atoms with Crippen LogP contribution in [0.4, 0.5) is 0 Å². The number of nitrogens with one attached hydrogen (secondary N) is 1. The molecule has 0 saturated carbocycles. The van der Waals surface area contributed by atoms with Gasteiger partial charge in [-0.25, -0.2) is 0 Å². The van der Waals surface area contributed by atoms with Crippen LogP contribution >= 0.6 is 0 Å². The molecule has 104 valence electrons. The van der Waals surface area contributed by atoms with Crippen molar-refractivity contribution in [2.45, 2.75) is 65.0 Å². The molecule has 3 unspecified atom stereocenters. The number of piperidine rings is 1. The Morgan fingerprint density at radius 3 is 2.28 bits per heavy atom. The first-order chi connectivity index (χ1) is 8.52. The molecular weight excluding hydrogens is 220 g/mol. The number of fused-ring (bicyclic) bond motifs is 2. The monoisotopic (exact) mass is 250 g/mol. The average Bonchev–Trinajstić information content (AvgIpc) is 2.90. The molecule has 18 heavy (non-hydrogen) atoms. The zero-order valence-corrected chi connectivity index (χ0v) is 12.4. The van der Waals surface area contributed by atoms with Crippen LogP contribution in [0.3, 0.4) is 0 Å². The Balaban J connectivity index is 1.46. The highest BCUT2D eigenvalue weighted by atomic mass is 15.1. The second-order valence-electron chi connectivity index (χ2n) is 7.98. The fourth-order valence-corrected chi connectivity index (χ4v) is 4.45. The first kappa shape index (κ1) is 12.9. The van der Waals surface area contributed by atoms with Crippen molar-refractivity contribution in [2.24, 2.45) is 17.3 Å². The minimum atomic E-state index is 0.514. The molecule has 0 aromatic heterocycles. The van der Waals surface area contributed by atoms with Gasteiger partial charge in [0.2, 0.25) is 0 Å². The van der Waals surface area contributed by atoms with E-state index in [2.05, 4.69) is 31.0 Å². The molecule has 3 rings (SSSR count). The number of hydrogen-bond acceptors (Lipinski definition) is 2. The third-order valence-corrected chi connectivity index (χ3v) is 5.74. The van der Waals surface area contributed by atoms with Crippen molar-refractivity contribution in [3.63, 3.8) is 0 Å². The van der Waals surface area contributed by atoms with Crippen molar-refractivity contribution < 1.29 is 0 Å². The van der Waals surface area contributed by atoms with E-state index in [0.717, 1.165) is 23.9 Å². The normalized spacial score (nSPS) is 38.5. The van der Waals surface area contributed by atoms with Crippen LogP contribution in [0.1, 0.15) is 52.9 Å². The van der Waals surface area contributed by atoms with E-state index in [4.69, 9.17) is 0 Å². The minimum absolute atomic E-state index is 0.514. The van der Waals surface area contributed by atoms with E-state index in [1.54, 1.807) is 0 Å². The predicted molar refractivity (Wildman–Crippen MR) is 76.7 cm³/mol. The lowest BCUT2D eigenvalue weighted by molar-refractivity contribution is 0.0971. The molecule has 0 aromatic rings. The maximum absolute atomic E-state index is 3.77. The molecule has 3 aliphatic rings. The largest absolute Gasteiger partial charge is 0.311 e. The summed E-state index contributed by atoms with van der Waals surface area (Å²) in [7, 11) is 0. The Kier molecular flexibility index (Phi) is 3.44. The summed E-state index contributed by atoms with van der Waals surface area (Å²) in [6.07, 6.45) is 7.15. The summed E-state index contributed by atoms with van der Waals surface area (Å²) < 4.78 is 0. The zero-order valence-electron chi connectivity index (χ0n) is 12.4. The highest BCUT2D eigenvalue weighted by Crippen LogP contribution is 2.37. The molecule has 2 bridgehead atoms. The van der Waals surface area contributed by atoms with Crippen LogP contribution in [0, 0.1) is 17.3 Å². The van der Waals surface area contributed by atoms with Crippen LogP contribution in [-0.2, 0) is 0 Å². The second-order valence-corrected chi connectivity index (χ2v) is 7.98. The summed E-state index contributed by atoms with van der Waals surface area (Å²) >= 11 is 0. The second kappa shape index (κ2) is 4.79. The van der Waals surface area contributed by atoms with Crippen LogP contribution in [-0.4, -0.2) is 36.6 Å². The number of hydrogen-bond donors (Lipinski definition) is 1. The molecule has 3 saturated heterocycles. The minimum Gasteiger partial charge on any atom is -0.311 e. The smallest absolute Gasteiger partial charge is 0.0111 e. The molecule has 1 N–H and O–H groups in total. The van der Waals surface area contributed by atoms with Crippen LogP contribution in [0.5, 0.6) is 0 Å². The molecule has 0 spiro atoms. The van der Waals surface area contributed by atoms with Gasteiger partial charge >= 0.3 is 0 Å². The van der Waals surface area contributed by atoms with Gasteiger partial charge in [-0.1, -0.05) is 20.8 Å². The Labute approximate surface area is 113 Å². The van der Waals surface area contributed by atoms with Gasteiger partial charge in [0, 0.05) is 18.6 Å². The summed E-state index contributed by atoms with van der Waals surface area (Å²) in [4.78, 5) is 2.75. The first-order valence-corrected chi connectivity index (χ1v) is 8.01. The van der Waals surface area contributed by atoms with Crippen LogP contribution in [0.25, 0.3) is 0 Å². The SMILES string of the molecule is CC(C)(C)C1CCN(CC2CC3CCC2N3)CC1. The van der Waals surface area contributed by atoms with Crippen LogP contribution in [0.2, 0.25) is 0 Å². The van der Waals surface area contributed by atoms with E-state index in [9.17, 15) is 0 Å². The summed E-state index contributed by atoms with van der Waals surface area (Å²) in [5, 5.41) is 3.77. The van der Waals surface area contributed by atoms with Crippen molar-refractivity contribution >= 4 is 0 Å². The molecule has 2 nitrogen and oxygen atoms in total. The number of rotatable bonds is 2. The van der Waals surface area contributed by atoms with E-state index in [1.807, 2.05) is 0 Å². The Bertz CT molecular complexity index is 286. The lowest BCUT2D eigenvalue weighted by atomic mass is 9.75. The van der Waals surface area contributed by atoms with Gasteiger partial charge in [0.05, 0.1) is 0 Å². The number of likely N-dealkylation sites (tertiary alicyclic amines) is 1. The van der Waals surface area contributed by atoms with E-state index < -0.39 is 0 Å². The Morgan fingerprint density at radius 1 is 1.06 bits per heavy atom. The first-order valence-electron chi connectivity index (χ1n) is 8.01. The fraction of sp³-hybridized carbons (Fsp3) is 1.00. The predicted octanol–water partition coefficient (Wildman–Crippen LogP) is 2.89. The van der Waals surface area contributed by atoms with Crippen molar-refractivity contribution in [2.75, 3.05) is 19.6 Å². The van der Waals surface area contributed by atoms with Gasteiger partial charge in [0.15, 0.2) is 0 Å². The summed E-state index contributed by atoms with van der Waals surface area (Å²) in [6, 6.07) is 1.72. The van der Waals surface area contributed by atoms with Gasteiger partial charge in [-0.05, 0) is 62.4 Å². The summed E-state index contributed by atoms with van der Waals surface area (Å²) in [6.45, 7) is 11.3. The maximum Gasteiger partial charge on any atom is 0.0111 e. The van der Waals surface area contributed by atoms with Crippen molar-refractivity contribution in [3.05, 3.63) is 0 Å². The van der Waals surface area contributed by atoms with E-state index in [0.29, 0.717) is 5.41 Å². The van der Waals surface area contributed by atoms with Gasteiger partial charge in [0.25, 0.3) is 0 Å². The molecule has 0 aromatic carbocycles. The zero-order chi connectivity index (χ0) is 12.8. The van der Waals surface area contributed by atoms with Crippen molar-refractivity contribution in [3.8, 4) is 0 Å². The Hall–Kier alpha value is -0.0800. The molecule has 3 heterocycles. The fourth-order valence-electron chi connectivity index (χ4n) is 4.45. The van der Waals surface area contributed by atoms with Crippen LogP contribution < -0.4 is 5.32 Å². The van der Waals surface area contributed by atoms with Gasteiger partial charge in [0.1, 0.15) is 0 Å². The van der Waals surface area contributed by atoms with Gasteiger partial charge < -0.3 is 10.2 Å². The molecule has 0 aliphatic carbocycles. The van der Waals surface area contributed by atoms with Gasteiger partial charge in [-0.3, -0.25) is 0 Å². The summed E-state index contributed by atoms with van der Waals surface area (Å²) in [5.74, 6) is 1.89. The maximum atomic E-state index is 3.77. The third-order valence-electron chi connectivity index (χ3n) is 5.74. The van der Waals surface area contributed by atoms with Crippen molar-refractivity contribution in [1.29, 1.82) is 0 Å².